The number of carbonyl (C=O) groups excluding carboxylic acids is 1. The molecule has 0 aliphatic rings. The molecular weight excluding hydrogens is 270 g/mol. The van der Waals surface area contributed by atoms with Crippen molar-refractivity contribution in [3.05, 3.63) is 32.8 Å². The number of carbonyl (C=O) groups is 1. The van der Waals surface area contributed by atoms with Crippen molar-refractivity contribution in [2.75, 3.05) is 6.61 Å². The van der Waals surface area contributed by atoms with Crippen molar-refractivity contribution in [1.82, 2.24) is 0 Å². The van der Waals surface area contributed by atoms with E-state index in [2.05, 4.69) is 16.6 Å². The van der Waals surface area contributed by atoms with Gasteiger partial charge in [-0.3, -0.25) is 0 Å². The summed E-state index contributed by atoms with van der Waals surface area (Å²) in [5.74, 6) is 4.20. The van der Waals surface area contributed by atoms with Gasteiger partial charge in [0.15, 0.2) is 0 Å². The maximum atomic E-state index is 11.0. The smallest absolute Gasteiger partial charge is 0.384 e. The van der Waals surface area contributed by atoms with Gasteiger partial charge in [0.2, 0.25) is 0 Å². The van der Waals surface area contributed by atoms with Crippen LogP contribution in [0.3, 0.4) is 0 Å². The fraction of sp³-hybridized carbons (Fsp3) is 0.182. The van der Waals surface area contributed by atoms with Crippen LogP contribution in [0.1, 0.15) is 12.5 Å². The lowest BCUT2D eigenvalue weighted by Crippen LogP contribution is -1.99. The Kier molecular flexibility index (Phi) is 4.95. The second-order valence-electron chi connectivity index (χ2n) is 2.71. The van der Waals surface area contributed by atoms with E-state index in [1.807, 2.05) is 0 Å². The first kappa shape index (κ1) is 13.2. The minimum absolute atomic E-state index is 0.273. The summed E-state index contributed by atoms with van der Waals surface area (Å²) < 4.78 is 4.64. The molecule has 0 spiro atoms. The molecule has 84 valence electrons. The Labute approximate surface area is 108 Å². The highest BCUT2D eigenvalue weighted by atomic mass is 35.5. The molecule has 0 aromatic heterocycles. The topological polar surface area (TPSA) is 26.3 Å². The zero-order chi connectivity index (χ0) is 12.1. The van der Waals surface area contributed by atoms with Crippen LogP contribution in [0.4, 0.5) is 0 Å². The predicted molar refractivity (Wildman–Crippen MR) is 65.0 cm³/mol. The van der Waals surface area contributed by atoms with Gasteiger partial charge in [0, 0.05) is 10.9 Å². The first-order valence-corrected chi connectivity index (χ1v) is 5.51. The van der Waals surface area contributed by atoms with Gasteiger partial charge in [0.05, 0.1) is 22.2 Å². The number of benzene rings is 1. The van der Waals surface area contributed by atoms with Crippen LogP contribution in [-0.4, -0.2) is 12.6 Å². The Balaban J connectivity index is 3.01. The van der Waals surface area contributed by atoms with Gasteiger partial charge in [-0.05, 0) is 19.1 Å². The second kappa shape index (κ2) is 6.00. The van der Waals surface area contributed by atoms with Gasteiger partial charge in [-0.2, -0.15) is 0 Å². The largest absolute Gasteiger partial charge is 0.456 e. The third kappa shape index (κ3) is 3.61. The molecule has 0 atom stereocenters. The average molecular weight is 278 g/mol. The maximum absolute atomic E-state index is 11.0. The minimum atomic E-state index is -0.621. The molecule has 0 bridgehead atoms. The van der Waals surface area contributed by atoms with Crippen LogP contribution in [0.25, 0.3) is 0 Å². The number of esters is 1. The summed E-state index contributed by atoms with van der Waals surface area (Å²) in [6, 6.07) is 3.01. The van der Waals surface area contributed by atoms with Gasteiger partial charge in [-0.15, -0.1) is 0 Å². The summed E-state index contributed by atoms with van der Waals surface area (Å²) in [4.78, 5) is 11.0. The molecule has 16 heavy (non-hydrogen) atoms. The van der Waals surface area contributed by atoms with Gasteiger partial charge >= 0.3 is 5.97 Å². The highest BCUT2D eigenvalue weighted by Crippen LogP contribution is 2.27. The van der Waals surface area contributed by atoms with Gasteiger partial charge in [-0.1, -0.05) is 40.7 Å². The summed E-state index contributed by atoms with van der Waals surface area (Å²) in [7, 11) is 0. The molecule has 0 fully saturated rings. The van der Waals surface area contributed by atoms with E-state index in [0.29, 0.717) is 20.6 Å². The lowest BCUT2D eigenvalue weighted by atomic mass is 10.2. The van der Waals surface area contributed by atoms with E-state index in [9.17, 15) is 4.79 Å². The van der Waals surface area contributed by atoms with Crippen LogP contribution in [0.15, 0.2) is 12.1 Å². The van der Waals surface area contributed by atoms with Crippen molar-refractivity contribution in [3.8, 4) is 11.8 Å². The lowest BCUT2D eigenvalue weighted by Gasteiger charge is -2.00. The third-order valence-electron chi connectivity index (χ3n) is 1.57. The number of hydrogen-bond donors (Lipinski definition) is 0. The van der Waals surface area contributed by atoms with Crippen LogP contribution >= 0.6 is 34.8 Å². The van der Waals surface area contributed by atoms with Gasteiger partial charge in [0.1, 0.15) is 0 Å². The molecule has 0 saturated carbocycles. The third-order valence-corrected chi connectivity index (χ3v) is 2.39. The molecule has 0 aliphatic carbocycles. The highest BCUT2D eigenvalue weighted by Gasteiger charge is 2.05. The van der Waals surface area contributed by atoms with E-state index in [4.69, 9.17) is 34.8 Å². The monoisotopic (exact) mass is 276 g/mol. The number of ether oxygens (including phenoxy) is 1. The van der Waals surface area contributed by atoms with E-state index in [1.54, 1.807) is 6.92 Å². The van der Waals surface area contributed by atoms with E-state index in [0.717, 1.165) is 0 Å². The number of halogens is 3. The Hall–Kier alpha value is -0.880. The normalized spacial score (nSPS) is 9.25. The first-order valence-electron chi connectivity index (χ1n) is 4.38. The van der Waals surface area contributed by atoms with E-state index >= 15 is 0 Å². The second-order valence-corrected chi connectivity index (χ2v) is 3.97. The van der Waals surface area contributed by atoms with E-state index in [-0.39, 0.29) is 6.61 Å². The van der Waals surface area contributed by atoms with Crippen molar-refractivity contribution in [1.29, 1.82) is 0 Å². The summed E-state index contributed by atoms with van der Waals surface area (Å²) in [6.45, 7) is 1.97. The Bertz CT molecular complexity index is 449. The van der Waals surface area contributed by atoms with Crippen molar-refractivity contribution >= 4 is 40.8 Å². The van der Waals surface area contributed by atoms with Gasteiger partial charge in [0.25, 0.3) is 0 Å². The van der Waals surface area contributed by atoms with Gasteiger partial charge < -0.3 is 4.74 Å². The zero-order valence-corrected chi connectivity index (χ0v) is 10.6. The molecule has 0 saturated heterocycles. The van der Waals surface area contributed by atoms with Crippen LogP contribution in [0, 0.1) is 11.8 Å². The summed E-state index contributed by atoms with van der Waals surface area (Å²) >= 11 is 17.5. The van der Waals surface area contributed by atoms with E-state index in [1.165, 1.54) is 12.1 Å². The summed E-state index contributed by atoms with van der Waals surface area (Å²) in [5, 5.41) is 1.01. The number of hydrogen-bond acceptors (Lipinski definition) is 2. The molecule has 0 amide bonds. The Morgan fingerprint density at radius 3 is 2.38 bits per heavy atom. The molecule has 0 N–H and O–H groups in total. The average Bonchev–Trinajstić information content (AvgIpc) is 2.16. The molecular formula is C11H7Cl3O2. The fourth-order valence-electron chi connectivity index (χ4n) is 0.942. The van der Waals surface area contributed by atoms with Crippen molar-refractivity contribution in [3.63, 3.8) is 0 Å². The summed E-state index contributed by atoms with van der Waals surface area (Å²) in [6.07, 6.45) is 0. The lowest BCUT2D eigenvalue weighted by molar-refractivity contribution is -0.136. The van der Waals surface area contributed by atoms with Crippen molar-refractivity contribution in [2.24, 2.45) is 0 Å². The maximum Gasteiger partial charge on any atom is 0.384 e. The number of rotatable bonds is 1. The van der Waals surface area contributed by atoms with Gasteiger partial charge in [-0.25, -0.2) is 4.79 Å². The van der Waals surface area contributed by atoms with Crippen LogP contribution in [0.2, 0.25) is 15.1 Å². The Morgan fingerprint density at radius 2 is 1.88 bits per heavy atom. The standard InChI is InChI=1S/C11H7Cl3O2/c1-2-16-11(15)4-3-8-9(13)5-7(12)6-10(8)14/h5-6H,2H2,1H3. The van der Waals surface area contributed by atoms with Crippen LogP contribution in [0.5, 0.6) is 0 Å². The Morgan fingerprint density at radius 1 is 1.31 bits per heavy atom. The van der Waals surface area contributed by atoms with E-state index < -0.39 is 5.97 Å². The molecule has 0 heterocycles. The molecule has 1 rings (SSSR count). The van der Waals surface area contributed by atoms with Crippen LogP contribution < -0.4 is 0 Å². The zero-order valence-electron chi connectivity index (χ0n) is 8.31. The first-order chi connectivity index (χ1) is 7.54. The molecule has 0 aliphatic heterocycles. The quantitative estimate of drug-likeness (QED) is 0.579. The molecule has 0 unspecified atom stereocenters. The van der Waals surface area contributed by atoms with Crippen molar-refractivity contribution in [2.45, 2.75) is 6.92 Å². The molecule has 2 nitrogen and oxygen atoms in total. The molecule has 0 radical (unpaired) electrons. The summed E-state index contributed by atoms with van der Waals surface area (Å²) in [5.41, 5.74) is 0.362. The molecule has 1 aromatic rings. The highest BCUT2D eigenvalue weighted by molar-refractivity contribution is 6.39. The molecule has 1 aromatic carbocycles. The minimum Gasteiger partial charge on any atom is -0.456 e. The van der Waals surface area contributed by atoms with Crippen LogP contribution in [-0.2, 0) is 9.53 Å². The van der Waals surface area contributed by atoms with Crippen molar-refractivity contribution < 1.29 is 9.53 Å². The fourth-order valence-corrected chi connectivity index (χ4v) is 1.85. The molecule has 5 heteroatoms. The SMILES string of the molecule is CCOC(=O)C#Cc1c(Cl)cc(Cl)cc1Cl. The predicted octanol–water partition coefficient (Wildman–Crippen LogP) is 3.56.